The summed E-state index contributed by atoms with van der Waals surface area (Å²) in [6, 6.07) is 5.53. The van der Waals surface area contributed by atoms with E-state index >= 15 is 0 Å². The van der Waals surface area contributed by atoms with E-state index in [4.69, 9.17) is 15.0 Å². The van der Waals surface area contributed by atoms with Gasteiger partial charge < -0.3 is 15.5 Å². The predicted octanol–water partition coefficient (Wildman–Crippen LogP) is 2.39. The molecule has 6 nitrogen and oxygen atoms in total. The zero-order valence-electron chi connectivity index (χ0n) is 10.8. The van der Waals surface area contributed by atoms with Crippen LogP contribution in [0.5, 0.6) is 0 Å². The molecule has 1 aromatic carbocycles. The molecule has 0 atom stereocenters. The molecule has 6 heteroatoms. The number of fused-ring (bicyclic) bond motifs is 1. The molecule has 0 spiro atoms. The van der Waals surface area contributed by atoms with Crippen molar-refractivity contribution in [1.82, 2.24) is 0 Å². The van der Waals surface area contributed by atoms with Gasteiger partial charge >= 0.3 is 6.16 Å². The number of anilines is 1. The zero-order chi connectivity index (χ0) is 14.7. The van der Waals surface area contributed by atoms with Crippen LogP contribution in [0.15, 0.2) is 18.2 Å². The Labute approximate surface area is 115 Å². The Balaban J connectivity index is 0.000000328. The van der Waals surface area contributed by atoms with E-state index in [1.807, 2.05) is 18.2 Å². The lowest BCUT2D eigenvalue weighted by atomic mass is 9.80. The van der Waals surface area contributed by atoms with Gasteiger partial charge in [0.2, 0.25) is 5.91 Å². The van der Waals surface area contributed by atoms with E-state index in [1.54, 1.807) is 0 Å². The molecule has 1 saturated carbocycles. The van der Waals surface area contributed by atoms with E-state index in [2.05, 4.69) is 5.32 Å². The zero-order valence-corrected chi connectivity index (χ0v) is 10.8. The Morgan fingerprint density at radius 2 is 1.85 bits per heavy atom. The molecule has 0 unspecified atom stereocenters. The van der Waals surface area contributed by atoms with Crippen LogP contribution in [0.4, 0.5) is 10.5 Å². The fourth-order valence-corrected chi connectivity index (χ4v) is 2.29. The van der Waals surface area contributed by atoms with Gasteiger partial charge in [-0.2, -0.15) is 0 Å². The number of Topliss-reactive ketones (excluding diaryl/α,β-unsaturated/α-hetero) is 1. The summed E-state index contributed by atoms with van der Waals surface area (Å²) in [5.41, 5.74) is 2.57. The summed E-state index contributed by atoms with van der Waals surface area (Å²) in [6.45, 7) is 0. The molecule has 0 radical (unpaired) electrons. The maximum atomic E-state index is 12.0. The van der Waals surface area contributed by atoms with Crippen LogP contribution < -0.4 is 5.32 Å². The number of rotatable bonds is 2. The molecule has 1 aromatic rings. The van der Waals surface area contributed by atoms with E-state index in [-0.39, 0.29) is 17.6 Å². The standard InChI is InChI=1S/C13H13NO2.CH2O3/c15-12-7-10-6-9(4-5-11(10)14-12)13(16)8-2-1-3-8;2-1(3)4/h4-6,8H,1-3,7H2,(H,14,15);(H2,2,3,4). The lowest BCUT2D eigenvalue weighted by Gasteiger charge is -2.23. The van der Waals surface area contributed by atoms with Gasteiger partial charge in [0, 0.05) is 17.2 Å². The van der Waals surface area contributed by atoms with Crippen LogP contribution in [0, 0.1) is 5.92 Å². The summed E-state index contributed by atoms with van der Waals surface area (Å²) in [7, 11) is 0. The number of ketones is 1. The van der Waals surface area contributed by atoms with E-state index in [9.17, 15) is 9.59 Å². The fourth-order valence-electron chi connectivity index (χ4n) is 2.29. The highest BCUT2D eigenvalue weighted by atomic mass is 16.6. The Bertz CT molecular complexity index is 559. The van der Waals surface area contributed by atoms with E-state index in [1.165, 1.54) is 6.42 Å². The Morgan fingerprint density at radius 1 is 1.20 bits per heavy atom. The Morgan fingerprint density at radius 3 is 2.40 bits per heavy atom. The number of amides is 1. The molecule has 1 aliphatic heterocycles. The minimum Gasteiger partial charge on any atom is -0.450 e. The largest absolute Gasteiger partial charge is 0.503 e. The first-order valence-corrected chi connectivity index (χ1v) is 6.36. The lowest BCUT2D eigenvalue weighted by Crippen LogP contribution is -2.21. The van der Waals surface area contributed by atoms with Gasteiger partial charge in [-0.1, -0.05) is 6.42 Å². The number of carbonyl (C=O) groups excluding carboxylic acids is 2. The van der Waals surface area contributed by atoms with Crippen LogP contribution in [0.2, 0.25) is 0 Å². The average Bonchev–Trinajstić information content (AvgIpc) is 2.64. The quantitative estimate of drug-likeness (QED) is 0.720. The fraction of sp³-hybridized carbons (Fsp3) is 0.357. The van der Waals surface area contributed by atoms with E-state index in [0.717, 1.165) is 29.7 Å². The van der Waals surface area contributed by atoms with Gasteiger partial charge in [-0.25, -0.2) is 4.79 Å². The van der Waals surface area contributed by atoms with Crippen molar-refractivity contribution in [3.8, 4) is 0 Å². The average molecular weight is 277 g/mol. The normalized spacial score (nSPS) is 16.3. The van der Waals surface area contributed by atoms with Gasteiger partial charge in [0.15, 0.2) is 5.78 Å². The Hall–Kier alpha value is -2.37. The van der Waals surface area contributed by atoms with Crippen LogP contribution in [-0.2, 0) is 11.2 Å². The molecular formula is C14H15NO5. The first kappa shape index (κ1) is 14.0. The van der Waals surface area contributed by atoms with Crippen molar-refractivity contribution >= 4 is 23.5 Å². The first-order valence-electron chi connectivity index (χ1n) is 6.36. The van der Waals surface area contributed by atoms with Crippen molar-refractivity contribution in [3.05, 3.63) is 29.3 Å². The summed E-state index contributed by atoms with van der Waals surface area (Å²) in [4.78, 5) is 31.7. The monoisotopic (exact) mass is 277 g/mol. The number of hydrogen-bond acceptors (Lipinski definition) is 3. The maximum Gasteiger partial charge on any atom is 0.503 e. The highest BCUT2D eigenvalue weighted by molar-refractivity contribution is 6.03. The van der Waals surface area contributed by atoms with Crippen LogP contribution in [0.3, 0.4) is 0 Å². The van der Waals surface area contributed by atoms with Crippen molar-refractivity contribution < 1.29 is 24.6 Å². The van der Waals surface area contributed by atoms with Crippen LogP contribution in [-0.4, -0.2) is 28.1 Å². The van der Waals surface area contributed by atoms with Gasteiger partial charge in [0.1, 0.15) is 0 Å². The summed E-state index contributed by atoms with van der Waals surface area (Å²) >= 11 is 0. The number of hydrogen-bond donors (Lipinski definition) is 3. The second-order valence-electron chi connectivity index (χ2n) is 4.87. The van der Waals surface area contributed by atoms with Crippen molar-refractivity contribution in [3.63, 3.8) is 0 Å². The molecule has 3 N–H and O–H groups in total. The third-order valence-electron chi connectivity index (χ3n) is 3.49. The molecule has 1 aliphatic carbocycles. The minimum absolute atomic E-state index is 0.0169. The molecule has 1 heterocycles. The number of carbonyl (C=O) groups is 3. The maximum absolute atomic E-state index is 12.0. The summed E-state index contributed by atoms with van der Waals surface area (Å²) in [5.74, 6) is 0.486. The molecule has 20 heavy (non-hydrogen) atoms. The van der Waals surface area contributed by atoms with Gasteiger partial charge in [-0.15, -0.1) is 0 Å². The van der Waals surface area contributed by atoms with Crippen LogP contribution in [0.25, 0.3) is 0 Å². The second kappa shape index (κ2) is 5.73. The number of nitrogens with one attached hydrogen (secondary N) is 1. The first-order chi connectivity index (χ1) is 9.47. The van der Waals surface area contributed by atoms with Crippen molar-refractivity contribution in [2.45, 2.75) is 25.7 Å². The summed E-state index contributed by atoms with van der Waals surface area (Å²) in [5, 5.41) is 16.7. The van der Waals surface area contributed by atoms with Gasteiger partial charge in [0.05, 0.1) is 6.42 Å². The van der Waals surface area contributed by atoms with E-state index in [0.29, 0.717) is 6.42 Å². The summed E-state index contributed by atoms with van der Waals surface area (Å²) in [6.07, 6.45) is 1.78. The summed E-state index contributed by atoms with van der Waals surface area (Å²) < 4.78 is 0. The van der Waals surface area contributed by atoms with Gasteiger partial charge in [-0.05, 0) is 36.6 Å². The number of benzene rings is 1. The van der Waals surface area contributed by atoms with E-state index < -0.39 is 6.16 Å². The second-order valence-corrected chi connectivity index (χ2v) is 4.87. The lowest BCUT2D eigenvalue weighted by molar-refractivity contribution is -0.115. The molecule has 0 saturated heterocycles. The van der Waals surface area contributed by atoms with Crippen LogP contribution in [0.1, 0.15) is 35.2 Å². The highest BCUT2D eigenvalue weighted by Crippen LogP contribution is 2.31. The number of carboxylic acid groups (broad SMARTS) is 2. The molecule has 0 aromatic heterocycles. The Kier molecular flexibility index (Phi) is 4.02. The molecule has 2 aliphatic rings. The third-order valence-corrected chi connectivity index (χ3v) is 3.49. The van der Waals surface area contributed by atoms with Gasteiger partial charge in [-0.3, -0.25) is 9.59 Å². The SMILES string of the molecule is O=C(O)O.O=C1Cc2cc(C(=O)C3CCC3)ccc2N1. The molecular weight excluding hydrogens is 262 g/mol. The van der Waals surface area contributed by atoms with Gasteiger partial charge in [0.25, 0.3) is 0 Å². The van der Waals surface area contributed by atoms with Crippen molar-refractivity contribution in [1.29, 1.82) is 0 Å². The van der Waals surface area contributed by atoms with Crippen LogP contribution >= 0.6 is 0 Å². The predicted molar refractivity (Wildman–Crippen MR) is 71.1 cm³/mol. The molecule has 106 valence electrons. The highest BCUT2D eigenvalue weighted by Gasteiger charge is 2.27. The molecule has 1 amide bonds. The van der Waals surface area contributed by atoms with Crippen molar-refractivity contribution in [2.75, 3.05) is 5.32 Å². The molecule has 1 fully saturated rings. The van der Waals surface area contributed by atoms with Crippen molar-refractivity contribution in [2.24, 2.45) is 5.92 Å². The molecule has 3 rings (SSSR count). The topological polar surface area (TPSA) is 104 Å². The molecule has 0 bridgehead atoms. The minimum atomic E-state index is -1.83. The smallest absolute Gasteiger partial charge is 0.450 e. The third kappa shape index (κ3) is 3.14.